The van der Waals surface area contributed by atoms with Crippen molar-refractivity contribution in [1.82, 2.24) is 4.68 Å². The van der Waals surface area contributed by atoms with Gasteiger partial charge in [-0.25, -0.2) is 14.5 Å². The lowest BCUT2D eigenvalue weighted by Gasteiger charge is -2.15. The minimum Gasteiger partial charge on any atom is -0.462 e. The molecule has 0 bridgehead atoms. The van der Waals surface area contributed by atoms with Gasteiger partial charge in [-0.2, -0.15) is 0 Å². The van der Waals surface area contributed by atoms with Crippen molar-refractivity contribution in [3.05, 3.63) is 100 Å². The lowest BCUT2D eigenvalue weighted by Crippen LogP contribution is -2.32. The summed E-state index contributed by atoms with van der Waals surface area (Å²) in [4.78, 5) is 29.9. The molecule has 1 aromatic heterocycles. The molecular formula is C26H20F3N3O4S. The molecule has 0 saturated heterocycles. The van der Waals surface area contributed by atoms with Crippen molar-refractivity contribution in [2.75, 3.05) is 12.0 Å². The summed E-state index contributed by atoms with van der Waals surface area (Å²) in [5.74, 6) is -1.91. The number of benzene rings is 3. The Morgan fingerprint density at radius 3 is 2.32 bits per heavy atom. The second kappa shape index (κ2) is 11.1. The second-order valence-electron chi connectivity index (χ2n) is 7.47. The minimum absolute atomic E-state index is 0.249. The Labute approximate surface area is 213 Å². The van der Waals surface area contributed by atoms with Crippen LogP contribution < -0.4 is 15.0 Å². The standard InChI is InChI=1S/C26H20F3N3O4S/c1-2-35-24(34)18-12-14-19(15-13-18)30-25-32(21(16-37-25)17-8-4-3-5-9-17)31-23(33)20-10-6-7-11-22(20)36-26(27,28)29/h3-16H,2H2,1H3,(H,31,33). The molecular weight excluding hydrogens is 507 g/mol. The number of nitrogens with zero attached hydrogens (tertiary/aromatic N) is 2. The molecule has 0 spiro atoms. The van der Waals surface area contributed by atoms with Gasteiger partial charge in [0.15, 0.2) is 0 Å². The van der Waals surface area contributed by atoms with Crippen LogP contribution in [0.2, 0.25) is 0 Å². The Kier molecular flexibility index (Phi) is 7.73. The van der Waals surface area contributed by atoms with Crippen LogP contribution in [-0.4, -0.2) is 29.5 Å². The highest BCUT2D eigenvalue weighted by Gasteiger charge is 2.33. The molecule has 0 aliphatic heterocycles. The van der Waals surface area contributed by atoms with Gasteiger partial charge in [0.1, 0.15) is 5.75 Å². The van der Waals surface area contributed by atoms with Crippen molar-refractivity contribution in [1.29, 1.82) is 0 Å². The first kappa shape index (κ1) is 25.7. The number of ether oxygens (including phenoxy) is 2. The number of halogens is 3. The summed E-state index contributed by atoms with van der Waals surface area (Å²) in [7, 11) is 0. The zero-order valence-electron chi connectivity index (χ0n) is 19.4. The van der Waals surface area contributed by atoms with Crippen molar-refractivity contribution >= 4 is 28.9 Å². The smallest absolute Gasteiger partial charge is 0.462 e. The van der Waals surface area contributed by atoms with E-state index < -0.39 is 24.0 Å². The molecule has 7 nitrogen and oxygen atoms in total. The van der Waals surface area contributed by atoms with Gasteiger partial charge >= 0.3 is 12.3 Å². The highest BCUT2D eigenvalue weighted by molar-refractivity contribution is 7.07. The average molecular weight is 528 g/mol. The predicted molar refractivity (Wildman–Crippen MR) is 132 cm³/mol. The molecule has 0 aliphatic carbocycles. The molecule has 0 saturated carbocycles. The summed E-state index contributed by atoms with van der Waals surface area (Å²) in [5, 5.41) is 1.76. The van der Waals surface area contributed by atoms with Gasteiger partial charge in [0, 0.05) is 10.9 Å². The number of rotatable bonds is 7. The average Bonchev–Trinajstić information content (AvgIpc) is 3.26. The fourth-order valence-electron chi connectivity index (χ4n) is 3.33. The molecule has 190 valence electrons. The lowest BCUT2D eigenvalue weighted by atomic mass is 10.2. The molecule has 1 heterocycles. The van der Waals surface area contributed by atoms with E-state index in [0.717, 1.165) is 11.6 Å². The van der Waals surface area contributed by atoms with Gasteiger partial charge in [0.05, 0.1) is 29.1 Å². The van der Waals surface area contributed by atoms with Gasteiger partial charge in [0.25, 0.3) is 5.91 Å². The second-order valence-corrected chi connectivity index (χ2v) is 8.31. The van der Waals surface area contributed by atoms with Crippen LogP contribution in [-0.2, 0) is 4.74 Å². The summed E-state index contributed by atoms with van der Waals surface area (Å²) in [6.45, 7) is 1.96. The fourth-order valence-corrected chi connectivity index (χ4v) is 4.20. The van der Waals surface area contributed by atoms with E-state index >= 15 is 0 Å². The number of esters is 1. The van der Waals surface area contributed by atoms with Crippen molar-refractivity contribution in [2.45, 2.75) is 13.3 Å². The molecule has 0 aliphatic rings. The number of alkyl halides is 3. The number of carbonyl (C=O) groups is 2. The van der Waals surface area contributed by atoms with Crippen LogP contribution in [0.25, 0.3) is 11.3 Å². The Morgan fingerprint density at radius 1 is 0.973 bits per heavy atom. The van der Waals surface area contributed by atoms with Crippen LogP contribution in [0.5, 0.6) is 5.75 Å². The van der Waals surface area contributed by atoms with Gasteiger partial charge in [-0.05, 0) is 43.3 Å². The van der Waals surface area contributed by atoms with Gasteiger partial charge in [-0.1, -0.05) is 42.5 Å². The van der Waals surface area contributed by atoms with E-state index in [9.17, 15) is 22.8 Å². The first-order valence-corrected chi connectivity index (χ1v) is 11.9. The van der Waals surface area contributed by atoms with Crippen LogP contribution in [0.15, 0.2) is 89.2 Å². The van der Waals surface area contributed by atoms with Crippen LogP contribution in [0, 0.1) is 0 Å². The monoisotopic (exact) mass is 527 g/mol. The number of para-hydroxylation sites is 1. The van der Waals surface area contributed by atoms with E-state index in [2.05, 4.69) is 15.2 Å². The van der Waals surface area contributed by atoms with E-state index in [0.29, 0.717) is 21.7 Å². The third kappa shape index (κ3) is 6.44. The third-order valence-electron chi connectivity index (χ3n) is 4.95. The molecule has 3 aromatic carbocycles. The highest BCUT2D eigenvalue weighted by atomic mass is 32.1. The van der Waals surface area contributed by atoms with Gasteiger partial charge in [-0.3, -0.25) is 10.2 Å². The zero-order valence-corrected chi connectivity index (χ0v) is 20.2. The molecule has 0 atom stereocenters. The normalized spacial score (nSPS) is 11.7. The van der Waals surface area contributed by atoms with Gasteiger partial charge in [0.2, 0.25) is 4.80 Å². The summed E-state index contributed by atoms with van der Waals surface area (Å²) in [5.41, 5.74) is 4.49. The number of aromatic nitrogens is 1. The molecule has 4 rings (SSSR count). The number of nitrogens with one attached hydrogen (secondary N) is 1. The van der Waals surface area contributed by atoms with E-state index in [1.165, 1.54) is 34.2 Å². The zero-order chi connectivity index (χ0) is 26.4. The highest BCUT2D eigenvalue weighted by Crippen LogP contribution is 2.27. The number of hydrogen-bond donors (Lipinski definition) is 1. The van der Waals surface area contributed by atoms with Crippen molar-refractivity contribution < 1.29 is 32.2 Å². The Morgan fingerprint density at radius 2 is 1.65 bits per heavy atom. The lowest BCUT2D eigenvalue weighted by molar-refractivity contribution is -0.274. The molecule has 11 heteroatoms. The van der Waals surface area contributed by atoms with E-state index in [-0.39, 0.29) is 12.2 Å². The van der Waals surface area contributed by atoms with Crippen LogP contribution in [0.4, 0.5) is 18.9 Å². The molecule has 1 amide bonds. The topological polar surface area (TPSA) is 81.9 Å². The van der Waals surface area contributed by atoms with Crippen molar-refractivity contribution in [3.63, 3.8) is 0 Å². The molecule has 0 fully saturated rings. The van der Waals surface area contributed by atoms with Gasteiger partial charge < -0.3 is 9.47 Å². The summed E-state index contributed by atoms with van der Waals surface area (Å²) >= 11 is 1.21. The van der Waals surface area contributed by atoms with E-state index in [1.54, 1.807) is 36.6 Å². The quantitative estimate of drug-likeness (QED) is 0.303. The summed E-state index contributed by atoms with van der Waals surface area (Å²) < 4.78 is 49.0. The number of amides is 1. The number of carbonyl (C=O) groups excluding carboxylic acids is 2. The van der Waals surface area contributed by atoms with Crippen LogP contribution in [0.1, 0.15) is 27.6 Å². The molecule has 1 N–H and O–H groups in total. The SMILES string of the molecule is CCOC(=O)c1ccc(N=c2scc(-c3ccccc3)n2NC(=O)c2ccccc2OC(F)(F)F)cc1. The van der Waals surface area contributed by atoms with Crippen molar-refractivity contribution in [3.8, 4) is 17.0 Å². The van der Waals surface area contributed by atoms with E-state index in [1.807, 2.05) is 30.3 Å². The third-order valence-corrected chi connectivity index (χ3v) is 5.78. The van der Waals surface area contributed by atoms with Crippen molar-refractivity contribution in [2.24, 2.45) is 4.99 Å². The fraction of sp³-hybridized carbons (Fsp3) is 0.115. The largest absolute Gasteiger partial charge is 0.573 e. The Balaban J connectivity index is 1.73. The number of hydrogen-bond acceptors (Lipinski definition) is 6. The maximum Gasteiger partial charge on any atom is 0.573 e. The maximum absolute atomic E-state index is 13.1. The first-order valence-electron chi connectivity index (χ1n) is 11.0. The summed E-state index contributed by atoms with van der Waals surface area (Å²) in [6, 6.07) is 20.5. The first-order chi connectivity index (χ1) is 17.7. The molecule has 0 unspecified atom stereocenters. The minimum atomic E-state index is -4.96. The molecule has 4 aromatic rings. The molecule has 37 heavy (non-hydrogen) atoms. The summed E-state index contributed by atoms with van der Waals surface area (Å²) in [6.07, 6.45) is -4.96. The van der Waals surface area contributed by atoms with Gasteiger partial charge in [-0.15, -0.1) is 24.5 Å². The maximum atomic E-state index is 13.1. The Hall–Kier alpha value is -4.38. The van der Waals surface area contributed by atoms with Crippen LogP contribution in [0.3, 0.4) is 0 Å². The Bertz CT molecular complexity index is 1460. The molecule has 0 radical (unpaired) electrons. The van der Waals surface area contributed by atoms with E-state index in [4.69, 9.17) is 4.74 Å². The number of thiazole rings is 1. The van der Waals surface area contributed by atoms with Crippen LogP contribution >= 0.6 is 11.3 Å². The predicted octanol–water partition coefficient (Wildman–Crippen LogP) is 5.91.